The maximum atomic E-state index is 14.0. The number of urea groups is 1. The molecule has 6 rings (SSSR count). The summed E-state index contributed by atoms with van der Waals surface area (Å²) in [5.41, 5.74) is 4.92. The molecule has 1 unspecified atom stereocenters. The van der Waals surface area contributed by atoms with Gasteiger partial charge in [0.2, 0.25) is 0 Å². The number of hydrogen-bond donors (Lipinski definition) is 1. The molecule has 2 aromatic heterocycles. The average Bonchev–Trinajstić information content (AvgIpc) is 3.13. The maximum Gasteiger partial charge on any atom is 0.320 e. The molecule has 37 heavy (non-hydrogen) atoms. The Bertz CT molecular complexity index is 1520. The molecule has 9 heteroatoms. The van der Waals surface area contributed by atoms with Gasteiger partial charge < -0.3 is 19.5 Å². The summed E-state index contributed by atoms with van der Waals surface area (Å²) in [6.45, 7) is 3.32. The van der Waals surface area contributed by atoms with E-state index in [4.69, 9.17) is 4.74 Å². The van der Waals surface area contributed by atoms with Crippen molar-refractivity contribution in [3.8, 4) is 16.9 Å². The maximum absolute atomic E-state index is 14.0. The van der Waals surface area contributed by atoms with Gasteiger partial charge in [-0.05, 0) is 48.4 Å². The quantitative estimate of drug-likeness (QED) is 0.428. The van der Waals surface area contributed by atoms with Crippen LogP contribution in [0.5, 0.6) is 5.75 Å². The fourth-order valence-corrected chi connectivity index (χ4v) is 5.16. The Kier molecular flexibility index (Phi) is 5.82. The second-order valence-electron chi connectivity index (χ2n) is 9.55. The van der Waals surface area contributed by atoms with Gasteiger partial charge in [-0.15, -0.1) is 0 Å². The number of benzene rings is 2. The number of carbonyl (C=O) groups is 2. The zero-order valence-corrected chi connectivity index (χ0v) is 20.4. The molecule has 1 fully saturated rings. The van der Waals surface area contributed by atoms with E-state index in [9.17, 15) is 14.0 Å². The number of nitrogens with zero attached hydrogens (tertiary/aromatic N) is 4. The molecule has 2 aliphatic rings. The summed E-state index contributed by atoms with van der Waals surface area (Å²) in [6, 6.07) is 13.4. The van der Waals surface area contributed by atoms with Crippen LogP contribution in [0.15, 0.2) is 54.7 Å². The van der Waals surface area contributed by atoms with Crippen LogP contribution >= 0.6 is 0 Å². The average molecular weight is 500 g/mol. The SMILES string of the molecule is Cc1nc2cc(-c3ccc4c(c3)CN(C(=O)N3CCC(=O)CC3c3cccc(F)c3)CCO4)cnc2[nH]1. The summed E-state index contributed by atoms with van der Waals surface area (Å²) in [6.07, 6.45) is 2.28. The van der Waals surface area contributed by atoms with E-state index in [0.29, 0.717) is 38.2 Å². The van der Waals surface area contributed by atoms with Crippen molar-refractivity contribution in [1.82, 2.24) is 24.8 Å². The molecule has 2 amide bonds. The second kappa shape index (κ2) is 9.31. The molecule has 2 aromatic carbocycles. The molecule has 1 saturated heterocycles. The predicted octanol–water partition coefficient (Wildman–Crippen LogP) is 4.79. The van der Waals surface area contributed by atoms with Crippen LogP contribution in [0.4, 0.5) is 9.18 Å². The lowest BCUT2D eigenvalue weighted by atomic mass is 9.94. The molecule has 4 aromatic rings. The lowest BCUT2D eigenvalue weighted by Gasteiger charge is -2.38. The van der Waals surface area contributed by atoms with Crippen LogP contribution in [-0.4, -0.2) is 56.3 Å². The second-order valence-corrected chi connectivity index (χ2v) is 9.55. The lowest BCUT2D eigenvalue weighted by molar-refractivity contribution is -0.122. The number of pyridine rings is 1. The number of aromatic amines is 1. The summed E-state index contributed by atoms with van der Waals surface area (Å²) in [5, 5.41) is 0. The zero-order chi connectivity index (χ0) is 25.5. The highest BCUT2D eigenvalue weighted by atomic mass is 19.1. The summed E-state index contributed by atoms with van der Waals surface area (Å²) >= 11 is 0. The Morgan fingerprint density at radius 2 is 2.03 bits per heavy atom. The molecule has 1 N–H and O–H groups in total. The largest absolute Gasteiger partial charge is 0.491 e. The van der Waals surface area contributed by atoms with Crippen molar-refractivity contribution in [1.29, 1.82) is 0 Å². The highest BCUT2D eigenvalue weighted by Gasteiger charge is 2.35. The summed E-state index contributed by atoms with van der Waals surface area (Å²) < 4.78 is 19.9. The minimum absolute atomic E-state index is 0.0742. The Morgan fingerprint density at radius 1 is 1.14 bits per heavy atom. The minimum Gasteiger partial charge on any atom is -0.491 e. The van der Waals surface area contributed by atoms with Crippen LogP contribution in [0, 0.1) is 12.7 Å². The van der Waals surface area contributed by atoms with Crippen LogP contribution in [0.1, 0.15) is 35.8 Å². The number of nitrogens with one attached hydrogen (secondary N) is 1. The van der Waals surface area contributed by atoms with Crippen LogP contribution < -0.4 is 4.74 Å². The summed E-state index contributed by atoms with van der Waals surface area (Å²) in [5.74, 6) is 1.23. The van der Waals surface area contributed by atoms with Crippen molar-refractivity contribution < 1.29 is 18.7 Å². The number of ether oxygens (including phenoxy) is 1. The molecule has 188 valence electrons. The third-order valence-electron chi connectivity index (χ3n) is 7.01. The van der Waals surface area contributed by atoms with Crippen molar-refractivity contribution in [2.75, 3.05) is 19.7 Å². The Labute approximate surface area is 213 Å². The highest BCUT2D eigenvalue weighted by Crippen LogP contribution is 2.33. The minimum atomic E-state index is -0.491. The van der Waals surface area contributed by atoms with Gasteiger partial charge in [0, 0.05) is 36.7 Å². The van der Waals surface area contributed by atoms with Gasteiger partial charge in [0.1, 0.15) is 35.3 Å². The van der Waals surface area contributed by atoms with Crippen molar-refractivity contribution in [3.05, 3.63) is 77.5 Å². The first-order valence-corrected chi connectivity index (χ1v) is 12.4. The summed E-state index contributed by atoms with van der Waals surface area (Å²) in [7, 11) is 0. The molecule has 0 bridgehead atoms. The number of H-pyrrole nitrogens is 1. The number of ketones is 1. The first-order chi connectivity index (χ1) is 17.9. The molecule has 0 spiro atoms. The fraction of sp³-hybridized carbons (Fsp3) is 0.286. The molecule has 2 aliphatic heterocycles. The normalized spacial score (nSPS) is 17.9. The van der Waals surface area contributed by atoms with Crippen LogP contribution in [-0.2, 0) is 11.3 Å². The Morgan fingerprint density at radius 3 is 2.89 bits per heavy atom. The van der Waals surface area contributed by atoms with Gasteiger partial charge in [0.15, 0.2) is 5.65 Å². The van der Waals surface area contributed by atoms with E-state index < -0.39 is 6.04 Å². The number of amides is 2. The Balaban J connectivity index is 1.28. The van der Waals surface area contributed by atoms with Gasteiger partial charge in [0.05, 0.1) is 19.1 Å². The molecule has 0 radical (unpaired) electrons. The van der Waals surface area contributed by atoms with Gasteiger partial charge >= 0.3 is 6.03 Å². The molecule has 0 saturated carbocycles. The van der Waals surface area contributed by atoms with Gasteiger partial charge in [-0.25, -0.2) is 19.2 Å². The number of hydrogen-bond acceptors (Lipinski definition) is 5. The smallest absolute Gasteiger partial charge is 0.320 e. The van der Waals surface area contributed by atoms with E-state index in [-0.39, 0.29) is 24.1 Å². The lowest BCUT2D eigenvalue weighted by Crippen LogP contribution is -2.48. The number of likely N-dealkylation sites (tertiary alicyclic amines) is 1. The van der Waals surface area contributed by atoms with Crippen LogP contribution in [0.2, 0.25) is 0 Å². The van der Waals surface area contributed by atoms with E-state index >= 15 is 0 Å². The molecule has 1 atom stereocenters. The van der Waals surface area contributed by atoms with Crippen molar-refractivity contribution in [3.63, 3.8) is 0 Å². The number of imidazole rings is 1. The van der Waals surface area contributed by atoms with Crippen molar-refractivity contribution >= 4 is 23.0 Å². The predicted molar refractivity (Wildman–Crippen MR) is 135 cm³/mol. The zero-order valence-electron chi connectivity index (χ0n) is 20.4. The number of aromatic nitrogens is 3. The Hall–Kier alpha value is -4.27. The number of Topliss-reactive ketones (excluding diaryl/α,β-unsaturated/α-hetero) is 1. The van der Waals surface area contributed by atoms with E-state index in [2.05, 4.69) is 15.0 Å². The monoisotopic (exact) mass is 499 g/mol. The number of fused-ring (bicyclic) bond motifs is 2. The number of rotatable bonds is 2. The van der Waals surface area contributed by atoms with E-state index in [0.717, 1.165) is 39.4 Å². The summed E-state index contributed by atoms with van der Waals surface area (Å²) in [4.78, 5) is 41.6. The fourth-order valence-electron chi connectivity index (χ4n) is 5.16. The van der Waals surface area contributed by atoms with Crippen LogP contribution in [0.3, 0.4) is 0 Å². The van der Waals surface area contributed by atoms with E-state index in [1.54, 1.807) is 28.1 Å². The molecule has 0 aliphatic carbocycles. The third kappa shape index (κ3) is 4.52. The number of halogens is 1. The molecular weight excluding hydrogens is 473 g/mol. The molecule has 8 nitrogen and oxygen atoms in total. The number of carbonyl (C=O) groups excluding carboxylic acids is 2. The van der Waals surface area contributed by atoms with Gasteiger partial charge in [-0.3, -0.25) is 4.79 Å². The standard InChI is InChI=1S/C28H26FN5O3/c1-17-31-24-13-20(15-30-27(24)32-17)18-5-6-26-21(11-18)16-33(9-10-37-26)28(36)34-8-7-23(35)14-25(34)19-3-2-4-22(29)12-19/h2-6,11-13,15,25H,7-10,14,16H2,1H3,(H,30,31,32). The van der Waals surface area contributed by atoms with Crippen LogP contribution in [0.25, 0.3) is 22.3 Å². The van der Waals surface area contributed by atoms with Crippen molar-refractivity contribution in [2.45, 2.75) is 32.4 Å². The van der Waals surface area contributed by atoms with Gasteiger partial charge in [0.25, 0.3) is 0 Å². The van der Waals surface area contributed by atoms with Crippen molar-refractivity contribution in [2.24, 2.45) is 0 Å². The highest BCUT2D eigenvalue weighted by molar-refractivity contribution is 5.84. The first-order valence-electron chi connectivity index (χ1n) is 12.4. The number of piperidine rings is 1. The first kappa shape index (κ1) is 23.1. The topological polar surface area (TPSA) is 91.4 Å². The molecular formula is C28H26FN5O3. The third-order valence-corrected chi connectivity index (χ3v) is 7.01. The molecule has 4 heterocycles. The van der Waals surface area contributed by atoms with E-state index in [1.165, 1.54) is 12.1 Å². The van der Waals surface area contributed by atoms with E-state index in [1.807, 2.05) is 31.2 Å². The van der Waals surface area contributed by atoms with Gasteiger partial charge in [-0.1, -0.05) is 18.2 Å². The number of aryl methyl sites for hydroxylation is 1. The van der Waals surface area contributed by atoms with Gasteiger partial charge in [-0.2, -0.15) is 0 Å².